The van der Waals surface area contributed by atoms with Crippen LogP contribution in [0.1, 0.15) is 35.6 Å². The van der Waals surface area contributed by atoms with E-state index >= 15 is 0 Å². The highest BCUT2D eigenvalue weighted by Crippen LogP contribution is 2.31. The van der Waals surface area contributed by atoms with E-state index in [0.29, 0.717) is 23.5 Å². The first-order chi connectivity index (χ1) is 16.5. The second kappa shape index (κ2) is 9.38. The molecule has 0 radical (unpaired) electrons. The van der Waals surface area contributed by atoms with Gasteiger partial charge in [-0.2, -0.15) is 0 Å². The maximum Gasteiger partial charge on any atom is 0.274 e. The van der Waals surface area contributed by atoms with Crippen molar-refractivity contribution in [3.8, 4) is 21.9 Å². The van der Waals surface area contributed by atoms with Crippen molar-refractivity contribution in [2.24, 2.45) is 0 Å². The fraction of sp³-hybridized carbons (Fsp3) is 0.250. The van der Waals surface area contributed by atoms with Crippen LogP contribution in [0.25, 0.3) is 21.9 Å². The summed E-state index contributed by atoms with van der Waals surface area (Å²) in [5.74, 6) is -1.74. The smallest absolute Gasteiger partial charge is 0.274 e. The second-order valence-corrected chi connectivity index (χ2v) is 8.90. The topological polar surface area (TPSA) is 72.1 Å². The lowest BCUT2D eigenvalue weighted by molar-refractivity contribution is 0.0601. The van der Waals surface area contributed by atoms with Gasteiger partial charge in [0, 0.05) is 30.6 Å². The summed E-state index contributed by atoms with van der Waals surface area (Å²) in [5, 5.41) is 7.95. The molecule has 5 rings (SSSR count). The van der Waals surface area contributed by atoms with Crippen LogP contribution in [0.2, 0.25) is 0 Å². The molecule has 1 atom stereocenters. The van der Waals surface area contributed by atoms with E-state index in [1.54, 1.807) is 22.5 Å². The Hall–Kier alpha value is -3.53. The maximum absolute atomic E-state index is 13.5. The van der Waals surface area contributed by atoms with Gasteiger partial charge in [-0.05, 0) is 49.1 Å². The quantitative estimate of drug-likeness (QED) is 0.373. The molecule has 1 aliphatic heterocycles. The van der Waals surface area contributed by atoms with Crippen molar-refractivity contribution in [1.82, 2.24) is 20.1 Å². The molecule has 0 saturated carbocycles. The second-order valence-electron chi connectivity index (χ2n) is 8.05. The maximum atomic E-state index is 13.5. The number of amides is 1. The minimum absolute atomic E-state index is 0.0141. The van der Waals surface area contributed by atoms with Gasteiger partial charge in [0.15, 0.2) is 0 Å². The number of hydrogen-bond donors (Lipinski definition) is 0. The van der Waals surface area contributed by atoms with Crippen molar-refractivity contribution in [1.29, 1.82) is 0 Å². The summed E-state index contributed by atoms with van der Waals surface area (Å²) in [5.41, 5.74) is 2.81. The first-order valence-electron chi connectivity index (χ1n) is 10.8. The van der Waals surface area contributed by atoms with Crippen LogP contribution in [0.4, 0.5) is 13.2 Å². The summed E-state index contributed by atoms with van der Waals surface area (Å²) >= 11 is 1.33. The summed E-state index contributed by atoms with van der Waals surface area (Å²) in [6.07, 6.45) is 2.85. The molecule has 1 unspecified atom stereocenters. The predicted octanol–water partition coefficient (Wildman–Crippen LogP) is 5.51. The fourth-order valence-corrected chi connectivity index (χ4v) is 4.94. The van der Waals surface area contributed by atoms with E-state index in [1.165, 1.54) is 23.5 Å². The van der Waals surface area contributed by atoms with Crippen molar-refractivity contribution in [2.75, 3.05) is 6.54 Å². The summed E-state index contributed by atoms with van der Waals surface area (Å²) in [6.45, 7) is 0.556. The van der Waals surface area contributed by atoms with E-state index in [0.717, 1.165) is 43.0 Å². The number of rotatable bonds is 5. The number of piperidine rings is 1. The van der Waals surface area contributed by atoms with E-state index in [1.807, 2.05) is 0 Å². The molecule has 1 fully saturated rings. The number of benzene rings is 2. The first kappa shape index (κ1) is 22.3. The fourth-order valence-electron chi connectivity index (χ4n) is 4.15. The Bertz CT molecular complexity index is 1300. The molecule has 0 spiro atoms. The van der Waals surface area contributed by atoms with Crippen molar-refractivity contribution in [2.45, 2.75) is 31.7 Å². The molecule has 1 aliphatic rings. The number of hydrogen-bond acceptors (Lipinski definition) is 6. The van der Waals surface area contributed by atoms with Gasteiger partial charge in [-0.3, -0.25) is 4.79 Å². The minimum atomic E-state index is -0.737. The zero-order valence-corrected chi connectivity index (χ0v) is 18.7. The van der Waals surface area contributed by atoms with Crippen molar-refractivity contribution < 1.29 is 22.4 Å². The Morgan fingerprint density at radius 3 is 2.53 bits per heavy atom. The molecule has 3 heterocycles. The van der Waals surface area contributed by atoms with Gasteiger partial charge in [0.1, 0.15) is 23.1 Å². The number of halogens is 3. The summed E-state index contributed by atoms with van der Waals surface area (Å²) in [7, 11) is 0. The molecule has 0 N–H and O–H groups in total. The van der Waals surface area contributed by atoms with Gasteiger partial charge in [-0.1, -0.05) is 12.1 Å². The lowest BCUT2D eigenvalue weighted by Gasteiger charge is -2.35. The summed E-state index contributed by atoms with van der Waals surface area (Å²) in [6, 6.07) is 8.78. The van der Waals surface area contributed by atoms with Gasteiger partial charge in [0.05, 0.1) is 10.4 Å². The SMILES string of the molecule is O=C(c1ncsc1-c1ccc(F)cc1)N1CCCCC1Cc1nnc(-c2cc(F)cc(F)c2)o1. The molecular weight excluding hydrogens is 465 g/mol. The Morgan fingerprint density at radius 2 is 1.76 bits per heavy atom. The zero-order chi connectivity index (χ0) is 23.7. The van der Waals surface area contributed by atoms with E-state index in [2.05, 4.69) is 15.2 Å². The van der Waals surface area contributed by atoms with Crippen molar-refractivity contribution in [3.63, 3.8) is 0 Å². The Labute approximate surface area is 197 Å². The van der Waals surface area contributed by atoms with Crippen LogP contribution in [0, 0.1) is 17.5 Å². The van der Waals surface area contributed by atoms with Gasteiger partial charge in [0.2, 0.25) is 11.8 Å². The van der Waals surface area contributed by atoms with Crippen molar-refractivity contribution >= 4 is 17.2 Å². The third-order valence-electron chi connectivity index (χ3n) is 5.75. The van der Waals surface area contributed by atoms with Crippen molar-refractivity contribution in [3.05, 3.63) is 77.0 Å². The number of carbonyl (C=O) groups is 1. The van der Waals surface area contributed by atoms with E-state index in [-0.39, 0.29) is 35.1 Å². The van der Waals surface area contributed by atoms with Crippen LogP contribution in [0.3, 0.4) is 0 Å². The third-order valence-corrected chi connectivity index (χ3v) is 6.63. The summed E-state index contributed by atoms with van der Waals surface area (Å²) < 4.78 is 46.1. The zero-order valence-electron chi connectivity index (χ0n) is 17.9. The lowest BCUT2D eigenvalue weighted by Crippen LogP contribution is -2.45. The van der Waals surface area contributed by atoms with Gasteiger partial charge < -0.3 is 9.32 Å². The molecule has 174 valence electrons. The number of carbonyl (C=O) groups excluding carboxylic acids is 1. The average molecular weight is 485 g/mol. The Balaban J connectivity index is 1.37. The van der Waals surface area contributed by atoms with E-state index < -0.39 is 11.6 Å². The van der Waals surface area contributed by atoms with Crippen LogP contribution in [-0.2, 0) is 6.42 Å². The molecule has 1 saturated heterocycles. The minimum Gasteiger partial charge on any atom is -0.421 e. The molecule has 6 nitrogen and oxygen atoms in total. The standard InChI is InChI=1S/C24H19F3N4O2S/c25-16-6-4-14(5-7-16)22-21(28-13-34-22)24(32)31-8-2-1-3-19(31)12-20-29-30-23(33-20)15-9-17(26)11-18(27)10-15/h4-7,9-11,13,19H,1-3,8,12H2. The number of nitrogens with zero attached hydrogens (tertiary/aromatic N) is 4. The average Bonchev–Trinajstić information content (AvgIpc) is 3.49. The summed E-state index contributed by atoms with van der Waals surface area (Å²) in [4.78, 5) is 20.2. The van der Waals surface area contributed by atoms with Crippen LogP contribution < -0.4 is 0 Å². The molecule has 2 aromatic heterocycles. The number of likely N-dealkylation sites (tertiary alicyclic amines) is 1. The van der Waals surface area contributed by atoms with Crippen LogP contribution in [-0.4, -0.2) is 38.6 Å². The normalized spacial score (nSPS) is 16.1. The molecule has 2 aromatic carbocycles. The largest absolute Gasteiger partial charge is 0.421 e. The highest BCUT2D eigenvalue weighted by Gasteiger charge is 2.31. The molecule has 10 heteroatoms. The highest BCUT2D eigenvalue weighted by atomic mass is 32.1. The van der Waals surface area contributed by atoms with Crippen LogP contribution in [0.5, 0.6) is 0 Å². The lowest BCUT2D eigenvalue weighted by atomic mass is 9.98. The molecule has 0 bridgehead atoms. The van der Waals surface area contributed by atoms with Crippen LogP contribution in [0.15, 0.2) is 52.4 Å². The Kier molecular flexibility index (Phi) is 6.14. The molecule has 4 aromatic rings. The molecule has 0 aliphatic carbocycles. The van der Waals surface area contributed by atoms with Gasteiger partial charge in [-0.15, -0.1) is 21.5 Å². The van der Waals surface area contributed by atoms with Gasteiger partial charge in [0.25, 0.3) is 5.91 Å². The molecule has 1 amide bonds. The predicted molar refractivity (Wildman–Crippen MR) is 120 cm³/mol. The molecule has 34 heavy (non-hydrogen) atoms. The number of thiazole rings is 1. The number of aromatic nitrogens is 3. The van der Waals surface area contributed by atoms with Gasteiger partial charge in [-0.25, -0.2) is 18.2 Å². The highest BCUT2D eigenvalue weighted by molar-refractivity contribution is 7.13. The third kappa shape index (κ3) is 4.58. The van der Waals surface area contributed by atoms with E-state index in [4.69, 9.17) is 4.42 Å². The molecular formula is C24H19F3N4O2S. The first-order valence-corrected chi connectivity index (χ1v) is 11.6. The van der Waals surface area contributed by atoms with E-state index in [9.17, 15) is 18.0 Å². The Morgan fingerprint density at radius 1 is 1.00 bits per heavy atom. The van der Waals surface area contributed by atoms with Gasteiger partial charge >= 0.3 is 0 Å². The van der Waals surface area contributed by atoms with Crippen LogP contribution >= 0.6 is 11.3 Å². The monoisotopic (exact) mass is 484 g/mol.